The lowest BCUT2D eigenvalue weighted by molar-refractivity contribution is 0.574. The summed E-state index contributed by atoms with van der Waals surface area (Å²) in [6, 6.07) is 0. The van der Waals surface area contributed by atoms with Gasteiger partial charge in [-0.15, -0.1) is 0 Å². The van der Waals surface area contributed by atoms with Crippen LogP contribution in [-0.4, -0.2) is 15.8 Å². The van der Waals surface area contributed by atoms with Crippen molar-refractivity contribution >= 4 is 15.8 Å². The second-order valence-electron chi connectivity index (χ2n) is 2.81. The Morgan fingerprint density at radius 3 is 1.43 bits per heavy atom. The molecule has 0 rings (SSSR count). The van der Waals surface area contributed by atoms with Crippen LogP contribution in [0.4, 0.5) is 0 Å². The van der Waals surface area contributed by atoms with Crippen LogP contribution in [0.2, 0.25) is 26.2 Å². The zero-order chi connectivity index (χ0) is 6.08. The summed E-state index contributed by atoms with van der Waals surface area (Å²) in [7, 11) is -2.35. The molecule has 0 aromatic carbocycles. The van der Waals surface area contributed by atoms with Crippen molar-refractivity contribution in [3.05, 3.63) is 0 Å². The molecule has 0 aromatic heterocycles. The molecule has 42 valence electrons. The van der Waals surface area contributed by atoms with Crippen LogP contribution in [0.1, 0.15) is 0 Å². The Labute approximate surface area is 47.2 Å². The molecule has 0 amide bonds. The molecule has 0 saturated carbocycles. The Morgan fingerprint density at radius 1 is 1.29 bits per heavy atom. The van der Waals surface area contributed by atoms with E-state index < -0.39 is 15.8 Å². The first-order valence-electron chi connectivity index (χ1n) is 2.45. The first-order valence-corrected chi connectivity index (χ1v) is 8.86. The minimum Gasteiger partial charge on any atom is -0.393 e. The Bertz CT molecular complexity index is 82.2. The molecular weight excluding hydrogens is 120 g/mol. The van der Waals surface area contributed by atoms with E-state index >= 15 is 0 Å². The van der Waals surface area contributed by atoms with E-state index in [1.165, 1.54) is 0 Å². The molecule has 1 nitrogen and oxygen atoms in total. The molecule has 0 atom stereocenters. The van der Waals surface area contributed by atoms with Crippen molar-refractivity contribution in [2.24, 2.45) is 0 Å². The SMILES string of the molecule is C[Si](=O)[Si](C)(C)C. The van der Waals surface area contributed by atoms with Gasteiger partial charge in [0.25, 0.3) is 8.20 Å². The van der Waals surface area contributed by atoms with Crippen LogP contribution >= 0.6 is 0 Å². The molecule has 0 saturated heterocycles. The number of hydrogen-bond donors (Lipinski definition) is 0. The summed E-state index contributed by atoms with van der Waals surface area (Å²) in [5.41, 5.74) is 0. The minimum atomic E-state index is -1.19. The van der Waals surface area contributed by atoms with Gasteiger partial charge in [-0.1, -0.05) is 19.6 Å². The summed E-state index contributed by atoms with van der Waals surface area (Å²) in [6.45, 7) is 8.26. The van der Waals surface area contributed by atoms with Crippen LogP contribution < -0.4 is 0 Å². The summed E-state index contributed by atoms with van der Waals surface area (Å²) < 4.78 is 10.7. The molecule has 0 N–H and O–H groups in total. The predicted octanol–water partition coefficient (Wildman–Crippen LogP) is 1.45. The third-order valence-electron chi connectivity index (χ3n) is 1.06. The lowest BCUT2D eigenvalue weighted by atomic mass is 11.8. The molecule has 0 spiro atoms. The Morgan fingerprint density at radius 2 is 1.43 bits per heavy atom. The highest BCUT2D eigenvalue weighted by Crippen LogP contribution is 1.98. The van der Waals surface area contributed by atoms with E-state index in [1.807, 2.05) is 6.55 Å². The maximum Gasteiger partial charge on any atom is 0.252 e. The van der Waals surface area contributed by atoms with Crippen LogP contribution in [0.25, 0.3) is 0 Å². The van der Waals surface area contributed by atoms with Crippen molar-refractivity contribution in [1.82, 2.24) is 0 Å². The van der Waals surface area contributed by atoms with Crippen molar-refractivity contribution in [3.63, 3.8) is 0 Å². The highest BCUT2D eigenvalue weighted by Gasteiger charge is 2.20. The second kappa shape index (κ2) is 2.00. The molecule has 0 heterocycles. The van der Waals surface area contributed by atoms with Gasteiger partial charge >= 0.3 is 0 Å². The van der Waals surface area contributed by atoms with Gasteiger partial charge < -0.3 is 4.46 Å². The largest absolute Gasteiger partial charge is 0.393 e. The molecule has 0 bridgehead atoms. The van der Waals surface area contributed by atoms with E-state index in [9.17, 15) is 4.46 Å². The lowest BCUT2D eigenvalue weighted by Crippen LogP contribution is -2.32. The van der Waals surface area contributed by atoms with Gasteiger partial charge in [0.15, 0.2) is 0 Å². The fourth-order valence-electron chi connectivity index (χ4n) is 0. The van der Waals surface area contributed by atoms with E-state index in [4.69, 9.17) is 0 Å². The van der Waals surface area contributed by atoms with Gasteiger partial charge in [-0.3, -0.25) is 0 Å². The molecule has 0 aliphatic carbocycles. The average Bonchev–Trinajstić information content (AvgIpc) is 1.31. The monoisotopic (exact) mass is 132 g/mol. The average molecular weight is 132 g/mol. The van der Waals surface area contributed by atoms with E-state index in [2.05, 4.69) is 19.6 Å². The topological polar surface area (TPSA) is 17.1 Å². The van der Waals surface area contributed by atoms with Crippen LogP contribution in [0.15, 0.2) is 0 Å². The fourth-order valence-corrected chi connectivity index (χ4v) is 0. The summed E-state index contributed by atoms with van der Waals surface area (Å²) in [5, 5.41) is 0. The highest BCUT2D eigenvalue weighted by atomic mass is 29.2. The van der Waals surface area contributed by atoms with Crippen LogP contribution in [-0.2, 0) is 4.46 Å². The summed E-state index contributed by atoms with van der Waals surface area (Å²) in [5.74, 6) is 0. The lowest BCUT2D eigenvalue weighted by Gasteiger charge is -2.06. The first-order chi connectivity index (χ1) is 2.94. The van der Waals surface area contributed by atoms with Gasteiger partial charge in [-0.2, -0.15) is 0 Å². The molecule has 3 heteroatoms. The summed E-state index contributed by atoms with van der Waals surface area (Å²) >= 11 is 0. The van der Waals surface area contributed by atoms with Crippen LogP contribution in [0, 0.1) is 0 Å². The Balaban J connectivity index is 3.79. The zero-order valence-electron chi connectivity index (χ0n) is 5.41. The fraction of sp³-hybridized carbons (Fsp3) is 1.00. The molecule has 0 aliphatic heterocycles. The summed E-state index contributed by atoms with van der Waals surface area (Å²) in [6.07, 6.45) is 0. The maximum atomic E-state index is 10.7. The van der Waals surface area contributed by atoms with Crippen molar-refractivity contribution in [1.29, 1.82) is 0 Å². The van der Waals surface area contributed by atoms with Gasteiger partial charge in [-0.25, -0.2) is 0 Å². The normalized spacial score (nSPS) is 11.4. The van der Waals surface area contributed by atoms with Crippen LogP contribution in [0.3, 0.4) is 0 Å². The van der Waals surface area contributed by atoms with Crippen LogP contribution in [0.5, 0.6) is 0 Å². The minimum absolute atomic E-state index is 1.16. The molecule has 0 aliphatic rings. The highest BCUT2D eigenvalue weighted by molar-refractivity contribution is 7.25. The molecule has 0 radical (unpaired) electrons. The molecule has 0 aromatic rings. The Kier molecular flexibility index (Phi) is 2.07. The molecule has 0 fully saturated rings. The molecule has 0 unspecified atom stereocenters. The van der Waals surface area contributed by atoms with E-state index in [-0.39, 0.29) is 0 Å². The van der Waals surface area contributed by atoms with Gasteiger partial charge in [0, 0.05) is 0 Å². The first kappa shape index (κ1) is 7.23. The van der Waals surface area contributed by atoms with Crippen molar-refractivity contribution in [3.8, 4) is 0 Å². The van der Waals surface area contributed by atoms with E-state index in [1.54, 1.807) is 0 Å². The quantitative estimate of drug-likeness (QED) is 0.494. The molecular formula is C4H12OSi2. The molecule has 7 heavy (non-hydrogen) atoms. The predicted molar refractivity (Wildman–Crippen MR) is 35.7 cm³/mol. The summed E-state index contributed by atoms with van der Waals surface area (Å²) in [4.78, 5) is 0. The van der Waals surface area contributed by atoms with Crippen molar-refractivity contribution in [2.45, 2.75) is 26.2 Å². The van der Waals surface area contributed by atoms with Gasteiger partial charge in [-0.05, 0) is 6.55 Å². The number of rotatable bonds is 1. The van der Waals surface area contributed by atoms with Crippen molar-refractivity contribution < 1.29 is 4.46 Å². The van der Waals surface area contributed by atoms with Gasteiger partial charge in [0.2, 0.25) is 0 Å². The standard InChI is InChI=1S/C4H12OSi2/c1-6(5)7(2,3)4/h1-4H3. The number of hydrogen-bond acceptors (Lipinski definition) is 1. The smallest absolute Gasteiger partial charge is 0.252 e. The van der Waals surface area contributed by atoms with Gasteiger partial charge in [0.1, 0.15) is 7.59 Å². The Hall–Kier alpha value is 0.234. The van der Waals surface area contributed by atoms with E-state index in [0.717, 1.165) is 0 Å². The second-order valence-corrected chi connectivity index (χ2v) is 15.0. The van der Waals surface area contributed by atoms with Crippen molar-refractivity contribution in [2.75, 3.05) is 0 Å². The maximum absolute atomic E-state index is 10.7. The third-order valence-corrected chi connectivity index (χ3v) is 9.51. The van der Waals surface area contributed by atoms with Gasteiger partial charge in [0.05, 0.1) is 0 Å². The zero-order valence-corrected chi connectivity index (χ0v) is 7.41. The van der Waals surface area contributed by atoms with E-state index in [0.29, 0.717) is 0 Å². The third kappa shape index (κ3) is 2.88.